The summed E-state index contributed by atoms with van der Waals surface area (Å²) >= 11 is 7.24. The van der Waals surface area contributed by atoms with Crippen molar-refractivity contribution in [3.8, 4) is 0 Å². The summed E-state index contributed by atoms with van der Waals surface area (Å²) in [6.07, 6.45) is 5.57. The summed E-state index contributed by atoms with van der Waals surface area (Å²) in [5, 5.41) is 5.02. The quantitative estimate of drug-likeness (QED) is 0.450. The molecule has 0 aliphatic carbocycles. The van der Waals surface area contributed by atoms with E-state index in [2.05, 4.69) is 41.0 Å². The van der Waals surface area contributed by atoms with Crippen LogP contribution >= 0.6 is 22.9 Å². The lowest BCUT2D eigenvalue weighted by atomic mass is 10.2. The van der Waals surface area contributed by atoms with Crippen LogP contribution in [0.1, 0.15) is 30.8 Å². The van der Waals surface area contributed by atoms with E-state index in [9.17, 15) is 4.79 Å². The standard InChI is InChI=1S/C23H21ClN4OS/c1-3-27(4-2)19-12-7-17(8-13-19)15-20-22(29)28-23(30-20)25-21(26-28)14-9-16-5-10-18(24)11-6-16/h5-15H,3-4H2,1-2H3. The summed E-state index contributed by atoms with van der Waals surface area (Å²) in [6, 6.07) is 15.7. The summed E-state index contributed by atoms with van der Waals surface area (Å²) < 4.78 is 1.98. The summed E-state index contributed by atoms with van der Waals surface area (Å²) in [5.41, 5.74) is 3.00. The molecule has 2 aromatic heterocycles. The molecule has 0 radical (unpaired) electrons. The van der Waals surface area contributed by atoms with Crippen molar-refractivity contribution in [2.45, 2.75) is 13.8 Å². The van der Waals surface area contributed by atoms with E-state index in [1.165, 1.54) is 21.5 Å². The van der Waals surface area contributed by atoms with Gasteiger partial charge in [0.1, 0.15) is 0 Å². The van der Waals surface area contributed by atoms with Crippen molar-refractivity contribution in [2.75, 3.05) is 18.0 Å². The molecule has 0 saturated carbocycles. The molecule has 0 aliphatic rings. The number of rotatable bonds is 6. The number of benzene rings is 2. The minimum absolute atomic E-state index is 0.151. The third kappa shape index (κ3) is 4.30. The van der Waals surface area contributed by atoms with Crippen LogP contribution in [0.5, 0.6) is 0 Å². The Bertz CT molecular complexity index is 1290. The van der Waals surface area contributed by atoms with Gasteiger partial charge in [-0.05, 0) is 61.4 Å². The van der Waals surface area contributed by atoms with Crippen LogP contribution in [-0.4, -0.2) is 27.7 Å². The Balaban J connectivity index is 1.59. The maximum Gasteiger partial charge on any atom is 0.291 e. The molecular weight excluding hydrogens is 416 g/mol. The third-order valence-electron chi connectivity index (χ3n) is 4.81. The van der Waals surface area contributed by atoms with Crippen LogP contribution in [0.4, 0.5) is 5.69 Å². The van der Waals surface area contributed by atoms with Gasteiger partial charge in [-0.15, -0.1) is 5.10 Å². The highest BCUT2D eigenvalue weighted by atomic mass is 35.5. The second-order valence-electron chi connectivity index (χ2n) is 6.73. The van der Waals surface area contributed by atoms with E-state index in [0.29, 0.717) is 20.3 Å². The Labute approximate surface area is 183 Å². The zero-order valence-corrected chi connectivity index (χ0v) is 18.3. The lowest BCUT2D eigenvalue weighted by molar-refractivity contribution is 0.866. The van der Waals surface area contributed by atoms with Crippen LogP contribution in [0, 0.1) is 0 Å². The number of nitrogens with zero attached hydrogens (tertiary/aromatic N) is 4. The SMILES string of the molecule is CCN(CC)c1ccc(C=c2sc3nc(C=Cc4ccc(Cl)cc4)nn3c2=O)cc1. The van der Waals surface area contributed by atoms with Crippen molar-refractivity contribution in [3.05, 3.63) is 85.4 Å². The van der Waals surface area contributed by atoms with Gasteiger partial charge in [-0.1, -0.05) is 53.3 Å². The predicted molar refractivity (Wildman–Crippen MR) is 126 cm³/mol. The summed E-state index contributed by atoms with van der Waals surface area (Å²) in [6.45, 7) is 6.21. The van der Waals surface area contributed by atoms with Gasteiger partial charge in [0, 0.05) is 23.8 Å². The van der Waals surface area contributed by atoms with Gasteiger partial charge >= 0.3 is 0 Å². The van der Waals surface area contributed by atoms with Gasteiger partial charge in [0.15, 0.2) is 5.82 Å². The van der Waals surface area contributed by atoms with Gasteiger partial charge in [0.25, 0.3) is 5.56 Å². The number of hydrogen-bond acceptors (Lipinski definition) is 5. The molecule has 0 saturated heterocycles. The molecule has 0 fully saturated rings. The number of hydrogen-bond donors (Lipinski definition) is 0. The number of halogens is 1. The van der Waals surface area contributed by atoms with Gasteiger partial charge in [-0.25, -0.2) is 0 Å². The van der Waals surface area contributed by atoms with Crippen molar-refractivity contribution in [1.29, 1.82) is 0 Å². The molecule has 4 aromatic rings. The maximum absolute atomic E-state index is 12.7. The normalized spacial score (nSPS) is 12.3. The lowest BCUT2D eigenvalue weighted by Gasteiger charge is -2.20. The first-order valence-electron chi connectivity index (χ1n) is 9.77. The molecule has 0 bridgehead atoms. The van der Waals surface area contributed by atoms with Crippen LogP contribution < -0.4 is 15.0 Å². The maximum atomic E-state index is 12.7. The van der Waals surface area contributed by atoms with Crippen LogP contribution in [0.2, 0.25) is 5.02 Å². The average Bonchev–Trinajstić information content (AvgIpc) is 3.28. The third-order valence-corrected chi connectivity index (χ3v) is 6.02. The van der Waals surface area contributed by atoms with Crippen LogP contribution in [0.3, 0.4) is 0 Å². The van der Waals surface area contributed by atoms with Gasteiger partial charge in [0.05, 0.1) is 4.53 Å². The highest BCUT2D eigenvalue weighted by molar-refractivity contribution is 7.15. The molecule has 2 heterocycles. The molecule has 0 unspecified atom stereocenters. The largest absolute Gasteiger partial charge is 0.372 e. The van der Waals surface area contributed by atoms with Gasteiger partial charge < -0.3 is 4.90 Å². The first kappa shape index (κ1) is 20.3. The fraction of sp³-hybridized carbons (Fsp3) is 0.174. The zero-order valence-electron chi connectivity index (χ0n) is 16.7. The van der Waals surface area contributed by atoms with E-state index in [0.717, 1.165) is 24.2 Å². The first-order valence-corrected chi connectivity index (χ1v) is 11.0. The number of thiazole rings is 1. The highest BCUT2D eigenvalue weighted by Crippen LogP contribution is 2.16. The van der Waals surface area contributed by atoms with Crippen LogP contribution in [-0.2, 0) is 0 Å². The smallest absolute Gasteiger partial charge is 0.291 e. The first-order chi connectivity index (χ1) is 14.6. The van der Waals surface area contributed by atoms with Crippen molar-refractivity contribution >= 4 is 51.8 Å². The van der Waals surface area contributed by atoms with E-state index < -0.39 is 0 Å². The lowest BCUT2D eigenvalue weighted by Crippen LogP contribution is -2.23. The average molecular weight is 437 g/mol. The zero-order chi connectivity index (χ0) is 21.1. The second-order valence-corrected chi connectivity index (χ2v) is 8.17. The summed E-state index contributed by atoms with van der Waals surface area (Å²) in [4.78, 5) is 20.0. The number of anilines is 1. The molecule has 30 heavy (non-hydrogen) atoms. The van der Waals surface area contributed by atoms with E-state index in [1.807, 2.05) is 48.6 Å². The highest BCUT2D eigenvalue weighted by Gasteiger charge is 2.09. The van der Waals surface area contributed by atoms with Crippen LogP contribution in [0.25, 0.3) is 23.2 Å². The Morgan fingerprint density at radius 1 is 1.00 bits per heavy atom. The predicted octanol–water partition coefficient (Wildman–Crippen LogP) is 4.37. The van der Waals surface area contributed by atoms with Crippen LogP contribution in [0.15, 0.2) is 53.3 Å². The minimum atomic E-state index is -0.151. The molecular formula is C23H21ClN4OS. The fourth-order valence-electron chi connectivity index (χ4n) is 3.19. The van der Waals surface area contributed by atoms with E-state index >= 15 is 0 Å². The fourth-order valence-corrected chi connectivity index (χ4v) is 4.23. The summed E-state index contributed by atoms with van der Waals surface area (Å²) in [5.74, 6) is 0.503. The molecule has 0 N–H and O–H groups in total. The number of fused-ring (bicyclic) bond motifs is 1. The Kier molecular flexibility index (Phi) is 5.97. The monoisotopic (exact) mass is 436 g/mol. The van der Waals surface area contributed by atoms with E-state index in [1.54, 1.807) is 6.08 Å². The Morgan fingerprint density at radius 2 is 1.67 bits per heavy atom. The molecule has 4 rings (SSSR count). The molecule has 0 spiro atoms. The molecule has 152 valence electrons. The molecule has 0 amide bonds. The second kappa shape index (κ2) is 8.81. The molecule has 2 aromatic carbocycles. The van der Waals surface area contributed by atoms with E-state index in [-0.39, 0.29) is 5.56 Å². The van der Waals surface area contributed by atoms with Gasteiger partial charge in [0.2, 0.25) is 4.96 Å². The topological polar surface area (TPSA) is 50.5 Å². The number of aromatic nitrogens is 3. The van der Waals surface area contributed by atoms with Crippen molar-refractivity contribution < 1.29 is 0 Å². The molecule has 0 aliphatic heterocycles. The van der Waals surface area contributed by atoms with Crippen molar-refractivity contribution in [2.24, 2.45) is 0 Å². The van der Waals surface area contributed by atoms with E-state index in [4.69, 9.17) is 11.6 Å². The Hall–Kier alpha value is -2.96. The van der Waals surface area contributed by atoms with Gasteiger partial charge in [-0.2, -0.15) is 9.50 Å². The van der Waals surface area contributed by atoms with Crippen molar-refractivity contribution in [3.63, 3.8) is 0 Å². The molecule has 0 atom stereocenters. The summed E-state index contributed by atoms with van der Waals surface area (Å²) in [7, 11) is 0. The Morgan fingerprint density at radius 3 is 2.30 bits per heavy atom. The molecule has 5 nitrogen and oxygen atoms in total. The van der Waals surface area contributed by atoms with Crippen molar-refractivity contribution in [1.82, 2.24) is 14.6 Å². The minimum Gasteiger partial charge on any atom is -0.372 e. The van der Waals surface area contributed by atoms with Gasteiger partial charge in [-0.3, -0.25) is 4.79 Å². The molecule has 7 heteroatoms.